The fourth-order valence-electron chi connectivity index (χ4n) is 2.53. The van der Waals surface area contributed by atoms with Gasteiger partial charge in [0.25, 0.3) is 0 Å². The number of nitrogens with zero attached hydrogens (tertiary/aromatic N) is 1. The van der Waals surface area contributed by atoms with E-state index in [4.69, 9.17) is 10.5 Å². The maximum Gasteiger partial charge on any atom is 0.249 e. The van der Waals surface area contributed by atoms with Crippen LogP contribution in [0.1, 0.15) is 20.8 Å². The van der Waals surface area contributed by atoms with Gasteiger partial charge in [-0.1, -0.05) is 0 Å². The normalized spacial score (nSPS) is 23.2. The number of hydrogen-bond donors (Lipinski definition) is 1. The van der Waals surface area contributed by atoms with Gasteiger partial charge in [0.2, 0.25) is 10.0 Å². The average molecular weight is 320 g/mol. The van der Waals surface area contributed by atoms with Crippen molar-refractivity contribution in [1.29, 1.82) is 0 Å². The summed E-state index contributed by atoms with van der Waals surface area (Å²) in [6.45, 7) is 5.21. The summed E-state index contributed by atoms with van der Waals surface area (Å²) in [5.74, 6) is -2.38. The molecule has 1 aromatic carbocycles. The molecule has 8 heteroatoms. The van der Waals surface area contributed by atoms with Gasteiger partial charge in [0.05, 0.1) is 11.7 Å². The number of ether oxygens (including phenoxy) is 1. The SMILES string of the molecule is CC1CN(S(=O)(=O)c2c(F)cc(N)cc2F)CC(C)(C)O1. The second-order valence-electron chi connectivity index (χ2n) is 5.80. The summed E-state index contributed by atoms with van der Waals surface area (Å²) >= 11 is 0. The number of anilines is 1. The lowest BCUT2D eigenvalue weighted by atomic mass is 10.1. The topological polar surface area (TPSA) is 72.6 Å². The standard InChI is InChI=1S/C13H18F2N2O3S/c1-8-6-17(7-13(2,3)20-8)21(18,19)12-10(14)4-9(16)5-11(12)15/h4-5,8H,6-7,16H2,1-3H3. The van der Waals surface area contributed by atoms with Crippen LogP contribution >= 0.6 is 0 Å². The molecule has 0 bridgehead atoms. The lowest BCUT2D eigenvalue weighted by Gasteiger charge is -2.40. The monoisotopic (exact) mass is 320 g/mol. The molecule has 0 spiro atoms. The van der Waals surface area contributed by atoms with E-state index in [1.54, 1.807) is 20.8 Å². The number of hydrogen-bond acceptors (Lipinski definition) is 4. The van der Waals surface area contributed by atoms with Crippen LogP contribution in [0.3, 0.4) is 0 Å². The number of sulfonamides is 1. The molecule has 1 atom stereocenters. The Labute approximate surface area is 122 Å². The van der Waals surface area contributed by atoms with E-state index in [1.807, 2.05) is 0 Å². The van der Waals surface area contributed by atoms with Crippen LogP contribution < -0.4 is 5.73 Å². The van der Waals surface area contributed by atoms with Crippen molar-refractivity contribution in [2.45, 2.75) is 37.4 Å². The average Bonchev–Trinajstić information content (AvgIpc) is 2.23. The van der Waals surface area contributed by atoms with Gasteiger partial charge in [-0.2, -0.15) is 4.31 Å². The summed E-state index contributed by atoms with van der Waals surface area (Å²) in [5.41, 5.74) is 4.41. The molecular formula is C13H18F2N2O3S. The van der Waals surface area contributed by atoms with Crippen molar-refractivity contribution >= 4 is 15.7 Å². The first-order chi connectivity index (χ1) is 9.53. The molecule has 1 unspecified atom stereocenters. The minimum atomic E-state index is -4.30. The Balaban J connectivity index is 2.48. The number of rotatable bonds is 2. The highest BCUT2D eigenvalue weighted by atomic mass is 32.2. The van der Waals surface area contributed by atoms with Gasteiger partial charge < -0.3 is 10.5 Å². The molecule has 0 aliphatic carbocycles. The van der Waals surface area contributed by atoms with Crippen LogP contribution in [0.5, 0.6) is 0 Å². The third-order valence-electron chi connectivity index (χ3n) is 3.16. The van der Waals surface area contributed by atoms with E-state index >= 15 is 0 Å². The van der Waals surface area contributed by atoms with E-state index in [9.17, 15) is 17.2 Å². The van der Waals surface area contributed by atoms with Crippen molar-refractivity contribution in [3.8, 4) is 0 Å². The first kappa shape index (κ1) is 16.1. The molecule has 1 aliphatic rings. The molecule has 1 aromatic rings. The molecule has 0 saturated carbocycles. The number of benzene rings is 1. The predicted octanol–water partition coefficient (Wildman–Crippen LogP) is 1.74. The molecule has 5 nitrogen and oxygen atoms in total. The van der Waals surface area contributed by atoms with Gasteiger partial charge in [0.1, 0.15) is 11.6 Å². The summed E-state index contributed by atoms with van der Waals surface area (Å²) in [7, 11) is -4.30. The zero-order chi connectivity index (χ0) is 16.0. The molecule has 0 aromatic heterocycles. The highest BCUT2D eigenvalue weighted by Crippen LogP contribution is 2.29. The second kappa shape index (κ2) is 5.19. The van der Waals surface area contributed by atoms with Gasteiger partial charge >= 0.3 is 0 Å². The molecule has 1 aliphatic heterocycles. The third kappa shape index (κ3) is 3.17. The number of halogens is 2. The Hall–Kier alpha value is -1.25. The number of nitrogens with two attached hydrogens (primary N) is 1. The summed E-state index contributed by atoms with van der Waals surface area (Å²) in [4.78, 5) is -0.971. The van der Waals surface area contributed by atoms with Crippen LogP contribution in [-0.4, -0.2) is 37.5 Å². The quantitative estimate of drug-likeness (QED) is 0.843. The summed E-state index contributed by atoms with van der Waals surface area (Å²) in [6, 6.07) is 1.59. The van der Waals surface area contributed by atoms with Crippen molar-refractivity contribution < 1.29 is 21.9 Å². The Bertz CT molecular complexity index is 638. The molecule has 1 fully saturated rings. The zero-order valence-corrected chi connectivity index (χ0v) is 12.9. The summed E-state index contributed by atoms with van der Waals surface area (Å²) in [5, 5.41) is 0. The summed E-state index contributed by atoms with van der Waals surface area (Å²) < 4.78 is 59.5. The zero-order valence-electron chi connectivity index (χ0n) is 12.1. The van der Waals surface area contributed by atoms with Crippen LogP contribution in [-0.2, 0) is 14.8 Å². The van der Waals surface area contributed by atoms with Crippen molar-refractivity contribution in [2.75, 3.05) is 18.8 Å². The molecule has 2 N–H and O–H groups in total. The third-order valence-corrected chi connectivity index (χ3v) is 5.02. The van der Waals surface area contributed by atoms with Crippen LogP contribution in [0.2, 0.25) is 0 Å². The van der Waals surface area contributed by atoms with Gasteiger partial charge in [0, 0.05) is 18.8 Å². The van der Waals surface area contributed by atoms with Crippen molar-refractivity contribution in [1.82, 2.24) is 4.31 Å². The Kier molecular flexibility index (Phi) is 3.98. The molecule has 0 amide bonds. The fourth-order valence-corrected chi connectivity index (χ4v) is 4.29. The molecule has 118 valence electrons. The Morgan fingerprint density at radius 2 is 1.86 bits per heavy atom. The smallest absolute Gasteiger partial charge is 0.249 e. The fraction of sp³-hybridized carbons (Fsp3) is 0.538. The van der Waals surface area contributed by atoms with Gasteiger partial charge in [-0.15, -0.1) is 0 Å². The van der Waals surface area contributed by atoms with E-state index in [2.05, 4.69) is 0 Å². The molecule has 1 heterocycles. The minimum absolute atomic E-state index is 0.0168. The summed E-state index contributed by atoms with van der Waals surface area (Å²) in [6.07, 6.45) is -0.372. The molecule has 21 heavy (non-hydrogen) atoms. The van der Waals surface area contributed by atoms with Crippen molar-refractivity contribution in [3.05, 3.63) is 23.8 Å². The number of morpholine rings is 1. The van der Waals surface area contributed by atoms with E-state index < -0.39 is 32.2 Å². The first-order valence-corrected chi connectivity index (χ1v) is 7.89. The maximum absolute atomic E-state index is 13.9. The number of nitrogen functional groups attached to an aromatic ring is 1. The van der Waals surface area contributed by atoms with E-state index in [-0.39, 0.29) is 24.9 Å². The largest absolute Gasteiger partial charge is 0.399 e. The second-order valence-corrected chi connectivity index (χ2v) is 7.67. The van der Waals surface area contributed by atoms with Crippen LogP contribution in [0.25, 0.3) is 0 Å². The van der Waals surface area contributed by atoms with Gasteiger partial charge in [-0.25, -0.2) is 17.2 Å². The molecule has 1 saturated heterocycles. The molecular weight excluding hydrogens is 302 g/mol. The predicted molar refractivity (Wildman–Crippen MR) is 74.2 cm³/mol. The van der Waals surface area contributed by atoms with E-state index in [0.717, 1.165) is 16.4 Å². The minimum Gasteiger partial charge on any atom is -0.399 e. The van der Waals surface area contributed by atoms with E-state index in [1.165, 1.54) is 0 Å². The van der Waals surface area contributed by atoms with Gasteiger partial charge in [-0.3, -0.25) is 0 Å². The van der Waals surface area contributed by atoms with Gasteiger partial charge in [0.15, 0.2) is 4.90 Å². The lowest BCUT2D eigenvalue weighted by molar-refractivity contribution is -0.109. The van der Waals surface area contributed by atoms with Crippen LogP contribution in [0.4, 0.5) is 14.5 Å². The van der Waals surface area contributed by atoms with Crippen LogP contribution in [0.15, 0.2) is 17.0 Å². The van der Waals surface area contributed by atoms with Crippen molar-refractivity contribution in [3.63, 3.8) is 0 Å². The highest BCUT2D eigenvalue weighted by molar-refractivity contribution is 7.89. The van der Waals surface area contributed by atoms with E-state index in [0.29, 0.717) is 0 Å². The maximum atomic E-state index is 13.9. The Morgan fingerprint density at radius 3 is 2.33 bits per heavy atom. The highest BCUT2D eigenvalue weighted by Gasteiger charge is 2.40. The molecule has 2 rings (SSSR count). The first-order valence-electron chi connectivity index (χ1n) is 6.45. The van der Waals surface area contributed by atoms with Crippen molar-refractivity contribution in [2.24, 2.45) is 0 Å². The van der Waals surface area contributed by atoms with Crippen LogP contribution in [0, 0.1) is 11.6 Å². The van der Waals surface area contributed by atoms with Gasteiger partial charge in [-0.05, 0) is 32.9 Å². The lowest BCUT2D eigenvalue weighted by Crippen LogP contribution is -2.53. The molecule has 0 radical (unpaired) electrons. The Morgan fingerprint density at radius 1 is 1.33 bits per heavy atom.